The summed E-state index contributed by atoms with van der Waals surface area (Å²) in [5.74, 6) is 1.83. The molecule has 0 radical (unpaired) electrons. The smallest absolute Gasteiger partial charge is 0.119 e. The Morgan fingerprint density at radius 3 is 2.63 bits per heavy atom. The Balaban J connectivity index is 1.78. The molecule has 0 amide bonds. The van der Waals surface area contributed by atoms with Crippen LogP contribution in [-0.2, 0) is 0 Å². The third-order valence-corrected chi connectivity index (χ3v) is 3.72. The summed E-state index contributed by atoms with van der Waals surface area (Å²) in [6.07, 6.45) is 0. The number of benzene rings is 2. The van der Waals surface area contributed by atoms with Crippen LogP contribution in [0.1, 0.15) is 18.5 Å². The van der Waals surface area contributed by atoms with E-state index in [9.17, 15) is 0 Å². The molecule has 0 fully saturated rings. The first-order valence-electron chi connectivity index (χ1n) is 6.42. The molecule has 0 aliphatic carbocycles. The lowest BCUT2D eigenvalue weighted by Crippen LogP contribution is -2.06. The van der Waals surface area contributed by atoms with E-state index in [1.54, 1.807) is 11.8 Å². The third-order valence-electron chi connectivity index (χ3n) is 2.75. The summed E-state index contributed by atoms with van der Waals surface area (Å²) < 4.78 is 5.74. The minimum absolute atomic E-state index is 0.0437. The van der Waals surface area contributed by atoms with E-state index in [0.717, 1.165) is 17.1 Å². The SMILES string of the molecule is C[C@H](N)c1cccc(OCCSc2ccccc2)c1. The van der Waals surface area contributed by atoms with Gasteiger partial charge in [-0.15, -0.1) is 11.8 Å². The quantitative estimate of drug-likeness (QED) is 0.641. The maximum absolute atomic E-state index is 5.85. The van der Waals surface area contributed by atoms with Gasteiger partial charge in [0.1, 0.15) is 5.75 Å². The Morgan fingerprint density at radius 1 is 1.11 bits per heavy atom. The summed E-state index contributed by atoms with van der Waals surface area (Å²) in [6, 6.07) is 18.4. The van der Waals surface area contributed by atoms with E-state index in [0.29, 0.717) is 6.61 Å². The molecule has 100 valence electrons. The van der Waals surface area contributed by atoms with Crippen LogP contribution in [0.15, 0.2) is 59.5 Å². The normalized spacial score (nSPS) is 12.1. The predicted octanol–water partition coefficient (Wildman–Crippen LogP) is 3.88. The summed E-state index contributed by atoms with van der Waals surface area (Å²) in [7, 11) is 0. The summed E-state index contributed by atoms with van der Waals surface area (Å²) in [5.41, 5.74) is 6.96. The van der Waals surface area contributed by atoms with Gasteiger partial charge in [0.2, 0.25) is 0 Å². The molecule has 0 aromatic heterocycles. The molecule has 0 aliphatic rings. The number of nitrogens with two attached hydrogens (primary N) is 1. The molecule has 3 heteroatoms. The van der Waals surface area contributed by atoms with Gasteiger partial charge in [-0.05, 0) is 36.8 Å². The van der Waals surface area contributed by atoms with Crippen LogP contribution in [0.2, 0.25) is 0 Å². The lowest BCUT2D eigenvalue weighted by molar-refractivity contribution is 0.343. The minimum atomic E-state index is 0.0437. The predicted molar refractivity (Wildman–Crippen MR) is 81.7 cm³/mol. The van der Waals surface area contributed by atoms with E-state index in [1.165, 1.54) is 4.90 Å². The van der Waals surface area contributed by atoms with Gasteiger partial charge in [0, 0.05) is 16.7 Å². The monoisotopic (exact) mass is 273 g/mol. The number of rotatable bonds is 6. The van der Waals surface area contributed by atoms with Gasteiger partial charge in [-0.2, -0.15) is 0 Å². The Bertz CT molecular complexity index is 499. The van der Waals surface area contributed by atoms with Crippen LogP contribution < -0.4 is 10.5 Å². The van der Waals surface area contributed by atoms with E-state index >= 15 is 0 Å². The van der Waals surface area contributed by atoms with Crippen LogP contribution in [0.5, 0.6) is 5.75 Å². The summed E-state index contributed by atoms with van der Waals surface area (Å²) in [6.45, 7) is 2.67. The maximum atomic E-state index is 5.85. The third kappa shape index (κ3) is 4.62. The number of thioether (sulfide) groups is 1. The van der Waals surface area contributed by atoms with Crippen LogP contribution in [-0.4, -0.2) is 12.4 Å². The molecule has 0 saturated heterocycles. The fourth-order valence-corrected chi connectivity index (χ4v) is 2.48. The highest BCUT2D eigenvalue weighted by Gasteiger charge is 2.01. The van der Waals surface area contributed by atoms with Gasteiger partial charge in [0.05, 0.1) is 6.61 Å². The second kappa shape index (κ2) is 7.22. The average molecular weight is 273 g/mol. The first kappa shape index (κ1) is 14.0. The number of hydrogen-bond acceptors (Lipinski definition) is 3. The zero-order valence-electron chi connectivity index (χ0n) is 11.1. The minimum Gasteiger partial charge on any atom is -0.493 e. The van der Waals surface area contributed by atoms with Crippen molar-refractivity contribution in [3.63, 3.8) is 0 Å². The van der Waals surface area contributed by atoms with Gasteiger partial charge in [0.25, 0.3) is 0 Å². The Hall–Kier alpha value is -1.45. The van der Waals surface area contributed by atoms with E-state index < -0.39 is 0 Å². The van der Waals surface area contributed by atoms with Crippen LogP contribution >= 0.6 is 11.8 Å². The number of ether oxygens (including phenoxy) is 1. The lowest BCUT2D eigenvalue weighted by atomic mass is 10.1. The molecular weight excluding hydrogens is 254 g/mol. The summed E-state index contributed by atoms with van der Waals surface area (Å²) in [5, 5.41) is 0. The Morgan fingerprint density at radius 2 is 1.89 bits per heavy atom. The molecule has 0 bridgehead atoms. The molecule has 2 rings (SSSR count). The highest BCUT2D eigenvalue weighted by Crippen LogP contribution is 2.19. The molecule has 2 aromatic carbocycles. The van der Waals surface area contributed by atoms with E-state index in [1.807, 2.05) is 37.3 Å². The highest BCUT2D eigenvalue weighted by atomic mass is 32.2. The van der Waals surface area contributed by atoms with Gasteiger partial charge in [-0.1, -0.05) is 30.3 Å². The summed E-state index contributed by atoms with van der Waals surface area (Å²) in [4.78, 5) is 1.27. The van der Waals surface area contributed by atoms with Gasteiger partial charge < -0.3 is 10.5 Å². The molecule has 0 spiro atoms. The standard InChI is InChI=1S/C16H19NOS/c1-13(17)14-6-5-7-15(12-14)18-10-11-19-16-8-3-2-4-9-16/h2-9,12-13H,10-11,17H2,1H3/t13-/m0/s1. The molecule has 0 unspecified atom stereocenters. The molecular formula is C16H19NOS. The second-order valence-corrected chi connectivity index (χ2v) is 5.54. The van der Waals surface area contributed by atoms with Crippen LogP contribution in [0, 0.1) is 0 Å². The van der Waals surface area contributed by atoms with Crippen molar-refractivity contribution in [2.45, 2.75) is 17.9 Å². The average Bonchev–Trinajstić information content (AvgIpc) is 2.45. The van der Waals surface area contributed by atoms with Crippen molar-refractivity contribution in [3.8, 4) is 5.75 Å². The van der Waals surface area contributed by atoms with Gasteiger partial charge in [0.15, 0.2) is 0 Å². The molecule has 1 atom stereocenters. The molecule has 0 heterocycles. The van der Waals surface area contributed by atoms with Crippen LogP contribution in [0.4, 0.5) is 0 Å². The van der Waals surface area contributed by atoms with E-state index in [4.69, 9.17) is 10.5 Å². The highest BCUT2D eigenvalue weighted by molar-refractivity contribution is 7.99. The van der Waals surface area contributed by atoms with E-state index in [-0.39, 0.29) is 6.04 Å². The van der Waals surface area contributed by atoms with Crippen molar-refractivity contribution in [1.29, 1.82) is 0 Å². The topological polar surface area (TPSA) is 35.2 Å². The Kier molecular flexibility index (Phi) is 5.31. The molecule has 2 nitrogen and oxygen atoms in total. The summed E-state index contributed by atoms with van der Waals surface area (Å²) >= 11 is 1.80. The molecule has 19 heavy (non-hydrogen) atoms. The van der Waals surface area contributed by atoms with Gasteiger partial charge in [-0.3, -0.25) is 0 Å². The second-order valence-electron chi connectivity index (χ2n) is 4.37. The van der Waals surface area contributed by atoms with Crippen LogP contribution in [0.3, 0.4) is 0 Å². The maximum Gasteiger partial charge on any atom is 0.119 e. The first-order valence-corrected chi connectivity index (χ1v) is 7.40. The van der Waals surface area contributed by atoms with Gasteiger partial charge >= 0.3 is 0 Å². The van der Waals surface area contributed by atoms with Crippen molar-refractivity contribution in [2.24, 2.45) is 5.73 Å². The van der Waals surface area contributed by atoms with E-state index in [2.05, 4.69) is 24.3 Å². The molecule has 2 N–H and O–H groups in total. The zero-order valence-corrected chi connectivity index (χ0v) is 11.9. The Labute approximate surface area is 119 Å². The van der Waals surface area contributed by atoms with Crippen LogP contribution in [0.25, 0.3) is 0 Å². The molecule has 0 aliphatic heterocycles. The van der Waals surface area contributed by atoms with Gasteiger partial charge in [-0.25, -0.2) is 0 Å². The fourth-order valence-electron chi connectivity index (χ4n) is 1.72. The number of hydrogen-bond donors (Lipinski definition) is 1. The molecule has 0 saturated carbocycles. The van der Waals surface area contributed by atoms with Crippen molar-refractivity contribution in [2.75, 3.05) is 12.4 Å². The fraction of sp³-hybridized carbons (Fsp3) is 0.250. The largest absolute Gasteiger partial charge is 0.493 e. The first-order chi connectivity index (χ1) is 9.25. The lowest BCUT2D eigenvalue weighted by Gasteiger charge is -2.10. The van der Waals surface area contributed by atoms with Crippen molar-refractivity contribution < 1.29 is 4.74 Å². The van der Waals surface area contributed by atoms with Crippen molar-refractivity contribution in [1.82, 2.24) is 0 Å². The van der Waals surface area contributed by atoms with Crippen molar-refractivity contribution in [3.05, 3.63) is 60.2 Å². The van der Waals surface area contributed by atoms with Crippen molar-refractivity contribution >= 4 is 11.8 Å². The zero-order chi connectivity index (χ0) is 13.5. The molecule has 2 aromatic rings.